The van der Waals surface area contributed by atoms with Gasteiger partial charge in [-0.3, -0.25) is 0 Å². The molecule has 1 aliphatic rings. The molecule has 0 spiro atoms. The maximum Gasteiger partial charge on any atom is 0.516 e. The van der Waals surface area contributed by atoms with Crippen molar-refractivity contribution in [3.63, 3.8) is 0 Å². The third kappa shape index (κ3) is 4.49. The number of para-hydroxylation sites is 1. The summed E-state index contributed by atoms with van der Waals surface area (Å²) >= 11 is 0. The van der Waals surface area contributed by atoms with E-state index < -0.39 is 47.2 Å². The molecule has 0 N–H and O–H groups in total. The quantitative estimate of drug-likeness (QED) is 0.458. The SMILES string of the molecule is CCOC(=O)C1=C([Si](C)(C)C)c2ccccc2N(S(=O)(=O)C(F)(F)F)C1C(=O)OCC. The smallest absolute Gasteiger partial charge is 0.464 e. The molecule has 1 atom stereocenters. The van der Waals surface area contributed by atoms with Crippen molar-refractivity contribution in [3.05, 3.63) is 35.4 Å². The first-order chi connectivity index (χ1) is 14.2. The molecule has 31 heavy (non-hydrogen) atoms. The second kappa shape index (κ2) is 8.65. The number of benzene rings is 1. The second-order valence-corrected chi connectivity index (χ2v) is 14.5. The molecule has 0 saturated carbocycles. The number of rotatable bonds is 6. The highest BCUT2D eigenvalue weighted by Gasteiger charge is 2.58. The van der Waals surface area contributed by atoms with Gasteiger partial charge >= 0.3 is 27.5 Å². The molecule has 0 bridgehead atoms. The third-order valence-electron chi connectivity index (χ3n) is 4.49. The van der Waals surface area contributed by atoms with Crippen LogP contribution in [0.25, 0.3) is 5.20 Å². The number of nitrogens with zero attached hydrogens (tertiary/aromatic N) is 1. The average molecular weight is 480 g/mol. The van der Waals surface area contributed by atoms with Gasteiger partial charge in [-0.15, -0.1) is 0 Å². The number of sulfonamides is 1. The lowest BCUT2D eigenvalue weighted by atomic mass is 9.96. The number of fused-ring (bicyclic) bond motifs is 1. The summed E-state index contributed by atoms with van der Waals surface area (Å²) in [6, 6.07) is 3.32. The lowest BCUT2D eigenvalue weighted by Crippen LogP contribution is -2.55. The molecule has 0 fully saturated rings. The van der Waals surface area contributed by atoms with Crippen molar-refractivity contribution in [2.75, 3.05) is 17.5 Å². The fourth-order valence-electron chi connectivity index (χ4n) is 3.46. The van der Waals surface area contributed by atoms with Crippen molar-refractivity contribution >= 4 is 40.9 Å². The van der Waals surface area contributed by atoms with Gasteiger partial charge < -0.3 is 9.47 Å². The van der Waals surface area contributed by atoms with Crippen molar-refractivity contribution in [2.45, 2.75) is 45.0 Å². The summed E-state index contributed by atoms with van der Waals surface area (Å²) in [4.78, 5) is 25.8. The molecule has 1 aliphatic heterocycles. The van der Waals surface area contributed by atoms with E-state index in [4.69, 9.17) is 9.47 Å². The van der Waals surface area contributed by atoms with Gasteiger partial charge in [-0.05, 0) is 30.7 Å². The van der Waals surface area contributed by atoms with Crippen LogP contribution in [-0.2, 0) is 29.1 Å². The first kappa shape index (κ1) is 24.9. The van der Waals surface area contributed by atoms with Crippen LogP contribution in [0.4, 0.5) is 18.9 Å². The van der Waals surface area contributed by atoms with Crippen LogP contribution >= 0.6 is 0 Å². The highest BCUT2D eigenvalue weighted by molar-refractivity contribution is 7.93. The molecular weight excluding hydrogens is 455 g/mol. The lowest BCUT2D eigenvalue weighted by Gasteiger charge is -2.41. The van der Waals surface area contributed by atoms with Gasteiger partial charge in [0.05, 0.1) is 32.5 Å². The summed E-state index contributed by atoms with van der Waals surface area (Å²) in [7, 11) is -8.61. The number of halogens is 3. The summed E-state index contributed by atoms with van der Waals surface area (Å²) in [6.45, 7) is 8.05. The Morgan fingerprint density at radius 3 is 2.10 bits per heavy atom. The van der Waals surface area contributed by atoms with Gasteiger partial charge in [-0.1, -0.05) is 37.8 Å². The first-order valence-corrected chi connectivity index (χ1v) is 14.4. The summed E-state index contributed by atoms with van der Waals surface area (Å²) < 4.78 is 76.0. The fraction of sp³-hybridized carbons (Fsp3) is 0.474. The fourth-order valence-corrected chi connectivity index (χ4v) is 6.64. The van der Waals surface area contributed by atoms with Crippen LogP contribution in [0.3, 0.4) is 0 Å². The largest absolute Gasteiger partial charge is 0.516 e. The Balaban J connectivity index is 3.06. The van der Waals surface area contributed by atoms with Gasteiger partial charge in [0, 0.05) is 0 Å². The Hall–Kier alpha value is -2.34. The summed E-state index contributed by atoms with van der Waals surface area (Å²) in [5.74, 6) is -2.35. The van der Waals surface area contributed by atoms with Crippen molar-refractivity contribution in [1.29, 1.82) is 0 Å². The van der Waals surface area contributed by atoms with E-state index in [2.05, 4.69) is 0 Å². The Kier molecular flexibility index (Phi) is 6.96. The molecule has 0 aliphatic carbocycles. The lowest BCUT2D eigenvalue weighted by molar-refractivity contribution is -0.147. The molecule has 7 nitrogen and oxygen atoms in total. The summed E-state index contributed by atoms with van der Waals surface area (Å²) in [5.41, 5.74) is -6.37. The van der Waals surface area contributed by atoms with Gasteiger partial charge in [0.15, 0.2) is 6.04 Å². The van der Waals surface area contributed by atoms with Gasteiger partial charge in [-0.2, -0.15) is 21.6 Å². The van der Waals surface area contributed by atoms with Gasteiger partial charge in [-0.25, -0.2) is 13.9 Å². The maximum atomic E-state index is 13.6. The molecule has 1 aromatic carbocycles. The molecule has 0 radical (unpaired) electrons. The van der Waals surface area contributed by atoms with E-state index >= 15 is 0 Å². The monoisotopic (exact) mass is 479 g/mol. The second-order valence-electron chi connectivity index (χ2n) is 7.68. The minimum atomic E-state index is -6.07. The number of carbonyl (C=O) groups is 2. The Labute approximate surface area is 179 Å². The molecule has 12 heteroatoms. The molecule has 0 aromatic heterocycles. The molecule has 1 unspecified atom stereocenters. The Bertz CT molecular complexity index is 1010. The van der Waals surface area contributed by atoms with Crippen LogP contribution in [-0.4, -0.2) is 53.2 Å². The predicted molar refractivity (Wildman–Crippen MR) is 111 cm³/mol. The number of hydrogen-bond acceptors (Lipinski definition) is 6. The third-order valence-corrected chi connectivity index (χ3v) is 8.04. The van der Waals surface area contributed by atoms with Gasteiger partial charge in [0.2, 0.25) is 0 Å². The van der Waals surface area contributed by atoms with Crippen molar-refractivity contribution in [3.8, 4) is 0 Å². The van der Waals surface area contributed by atoms with Gasteiger partial charge in [0.25, 0.3) is 0 Å². The number of hydrogen-bond donors (Lipinski definition) is 0. The van der Waals surface area contributed by atoms with Crippen LogP contribution in [0.1, 0.15) is 19.4 Å². The van der Waals surface area contributed by atoms with Crippen molar-refractivity contribution in [2.24, 2.45) is 0 Å². The van der Waals surface area contributed by atoms with Crippen molar-refractivity contribution < 1.29 is 40.7 Å². The van der Waals surface area contributed by atoms with E-state index in [1.165, 1.54) is 38.1 Å². The van der Waals surface area contributed by atoms with E-state index in [1.54, 1.807) is 0 Å². The highest BCUT2D eigenvalue weighted by atomic mass is 32.2. The molecular formula is C19H24F3NO6SSi. The van der Waals surface area contributed by atoms with Crippen LogP contribution in [0.5, 0.6) is 0 Å². The number of esters is 2. The molecule has 0 saturated heterocycles. The molecule has 1 heterocycles. The highest BCUT2D eigenvalue weighted by Crippen LogP contribution is 2.46. The molecule has 172 valence electrons. The standard InChI is InChI=1S/C19H24F3NO6SSi/c1-6-28-17(24)14-15(18(25)29-7-2)23(30(26,27)19(20,21)22)13-11-9-8-10-12(13)16(14)31(3,4)5/h8-11,15H,6-7H2,1-5H3. The molecule has 0 amide bonds. The number of alkyl halides is 3. The average Bonchev–Trinajstić information content (AvgIpc) is 2.64. The summed E-state index contributed by atoms with van der Waals surface area (Å²) in [6.07, 6.45) is 0. The number of carbonyl (C=O) groups excluding carboxylic acids is 2. The zero-order valence-electron chi connectivity index (χ0n) is 17.7. The van der Waals surface area contributed by atoms with Gasteiger partial charge in [0.1, 0.15) is 0 Å². The minimum Gasteiger partial charge on any atom is -0.464 e. The predicted octanol–water partition coefficient (Wildman–Crippen LogP) is 3.48. The van der Waals surface area contributed by atoms with Crippen LogP contribution in [0.2, 0.25) is 19.6 Å². The molecule has 2 rings (SSSR count). The first-order valence-electron chi connectivity index (χ1n) is 9.48. The number of anilines is 1. The Morgan fingerprint density at radius 1 is 1.06 bits per heavy atom. The van der Waals surface area contributed by atoms with Crippen LogP contribution in [0, 0.1) is 0 Å². The normalized spacial score (nSPS) is 17.3. The maximum absolute atomic E-state index is 13.6. The Morgan fingerprint density at radius 2 is 1.61 bits per heavy atom. The zero-order valence-corrected chi connectivity index (χ0v) is 19.6. The van der Waals surface area contributed by atoms with E-state index in [0.29, 0.717) is 5.20 Å². The molecule has 1 aromatic rings. The number of ether oxygens (including phenoxy) is 2. The van der Waals surface area contributed by atoms with Crippen molar-refractivity contribution in [1.82, 2.24) is 0 Å². The van der Waals surface area contributed by atoms with E-state index in [9.17, 15) is 31.2 Å². The van der Waals surface area contributed by atoms with E-state index in [0.717, 1.165) is 0 Å². The van der Waals surface area contributed by atoms with E-state index in [-0.39, 0.29) is 28.8 Å². The summed E-state index contributed by atoms with van der Waals surface area (Å²) in [5, 5.41) is 0.341. The topological polar surface area (TPSA) is 90.0 Å². The van der Waals surface area contributed by atoms with Crippen LogP contribution < -0.4 is 4.31 Å². The zero-order chi connectivity index (χ0) is 23.8. The van der Waals surface area contributed by atoms with Crippen LogP contribution in [0.15, 0.2) is 29.8 Å². The van der Waals surface area contributed by atoms with E-state index in [1.807, 2.05) is 19.6 Å². The minimum absolute atomic E-state index is 0.0593.